The van der Waals surface area contributed by atoms with E-state index < -0.39 is 11.5 Å². The number of likely N-dealkylation sites (tertiary alicyclic amines) is 1. The van der Waals surface area contributed by atoms with Gasteiger partial charge in [0, 0.05) is 36.6 Å². The minimum absolute atomic E-state index is 0.115. The zero-order chi connectivity index (χ0) is 24.4. The number of nitrogens with one attached hydrogen (secondary N) is 1. The molecule has 1 N–H and O–H groups in total. The minimum atomic E-state index is -0.685. The maximum Gasteiger partial charge on any atom is 0.265 e. The molecule has 2 aliphatic heterocycles. The van der Waals surface area contributed by atoms with Gasteiger partial charge in [-0.3, -0.25) is 4.79 Å². The summed E-state index contributed by atoms with van der Waals surface area (Å²) in [6, 6.07) is 12.3. The smallest absolute Gasteiger partial charge is 0.265 e. The molecule has 2 aliphatic rings. The molecule has 178 valence electrons. The first-order chi connectivity index (χ1) is 17.0. The summed E-state index contributed by atoms with van der Waals surface area (Å²) in [5.41, 5.74) is 2.54. The molecule has 0 spiro atoms. The summed E-state index contributed by atoms with van der Waals surface area (Å²) in [6.07, 6.45) is 5.74. The molecule has 0 radical (unpaired) electrons. The Labute approximate surface area is 207 Å². The third kappa shape index (κ3) is 4.77. The molecule has 3 aromatic rings. The molecule has 5 rings (SSSR count). The SMILES string of the molecule is N#CC1(Cc2ccc(F)cc2)CCN(C(=O)C2CNc3cc(Cl)c(-c4cncnc4)cc3O2)CC1. The van der Waals surface area contributed by atoms with E-state index in [9.17, 15) is 14.4 Å². The number of benzene rings is 2. The Bertz CT molecular complexity index is 1270. The van der Waals surface area contributed by atoms with Crippen molar-refractivity contribution in [1.29, 1.82) is 5.26 Å². The first-order valence-corrected chi connectivity index (χ1v) is 11.8. The third-order valence-electron chi connectivity index (χ3n) is 6.69. The van der Waals surface area contributed by atoms with Gasteiger partial charge in [-0.1, -0.05) is 23.7 Å². The maximum absolute atomic E-state index is 13.3. The van der Waals surface area contributed by atoms with Gasteiger partial charge in [0.15, 0.2) is 6.10 Å². The van der Waals surface area contributed by atoms with E-state index in [1.807, 2.05) is 0 Å². The van der Waals surface area contributed by atoms with Crippen molar-refractivity contribution in [3.8, 4) is 22.9 Å². The molecule has 1 saturated heterocycles. The number of nitrogens with zero attached hydrogens (tertiary/aromatic N) is 4. The lowest BCUT2D eigenvalue weighted by atomic mass is 9.75. The van der Waals surface area contributed by atoms with Gasteiger partial charge < -0.3 is 15.0 Å². The van der Waals surface area contributed by atoms with Gasteiger partial charge in [0.2, 0.25) is 0 Å². The fraction of sp³-hybridized carbons (Fsp3) is 0.308. The lowest BCUT2D eigenvalue weighted by Crippen LogP contribution is -2.51. The number of aromatic nitrogens is 2. The summed E-state index contributed by atoms with van der Waals surface area (Å²) in [5.74, 6) is 0.128. The molecule has 1 fully saturated rings. The highest BCUT2D eigenvalue weighted by Gasteiger charge is 2.39. The topological polar surface area (TPSA) is 91.1 Å². The van der Waals surface area contributed by atoms with Crippen LogP contribution in [0.25, 0.3) is 11.1 Å². The van der Waals surface area contributed by atoms with E-state index in [0.29, 0.717) is 49.7 Å². The van der Waals surface area contributed by atoms with Crippen molar-refractivity contribution in [1.82, 2.24) is 14.9 Å². The fourth-order valence-corrected chi connectivity index (χ4v) is 4.94. The zero-order valence-corrected chi connectivity index (χ0v) is 19.6. The average Bonchev–Trinajstić information content (AvgIpc) is 2.90. The number of rotatable bonds is 4. The lowest BCUT2D eigenvalue weighted by molar-refractivity contribution is -0.140. The number of hydrogen-bond donors (Lipinski definition) is 1. The van der Waals surface area contributed by atoms with Crippen molar-refractivity contribution in [2.75, 3.05) is 25.0 Å². The summed E-state index contributed by atoms with van der Waals surface area (Å²) in [6.45, 7) is 1.26. The predicted octanol–water partition coefficient (Wildman–Crippen LogP) is 4.48. The molecular formula is C26H23ClFN5O2. The minimum Gasteiger partial charge on any atom is -0.477 e. The van der Waals surface area contributed by atoms with Crippen LogP contribution < -0.4 is 10.1 Å². The van der Waals surface area contributed by atoms with Gasteiger partial charge in [-0.25, -0.2) is 14.4 Å². The van der Waals surface area contributed by atoms with Crippen molar-refractivity contribution in [3.05, 3.63) is 71.5 Å². The van der Waals surface area contributed by atoms with Crippen LogP contribution in [-0.2, 0) is 11.2 Å². The highest BCUT2D eigenvalue weighted by atomic mass is 35.5. The van der Waals surface area contributed by atoms with Crippen molar-refractivity contribution < 1.29 is 13.9 Å². The van der Waals surface area contributed by atoms with Gasteiger partial charge in [0.05, 0.1) is 28.7 Å². The van der Waals surface area contributed by atoms with Gasteiger partial charge in [0.1, 0.15) is 17.9 Å². The quantitative estimate of drug-likeness (QED) is 0.578. The Morgan fingerprint density at radius 1 is 1.23 bits per heavy atom. The third-order valence-corrected chi connectivity index (χ3v) is 7.00. The summed E-state index contributed by atoms with van der Waals surface area (Å²) < 4.78 is 19.3. The van der Waals surface area contributed by atoms with Crippen LogP contribution >= 0.6 is 11.6 Å². The number of amides is 1. The number of halogens is 2. The van der Waals surface area contributed by atoms with E-state index in [-0.39, 0.29) is 11.7 Å². The Balaban J connectivity index is 1.26. The normalized spacial score (nSPS) is 18.5. The first kappa shape index (κ1) is 23.1. The van der Waals surface area contributed by atoms with Crippen LogP contribution in [0.4, 0.5) is 10.1 Å². The predicted molar refractivity (Wildman–Crippen MR) is 129 cm³/mol. The van der Waals surface area contributed by atoms with Gasteiger partial charge in [-0.15, -0.1) is 0 Å². The number of hydrogen-bond acceptors (Lipinski definition) is 6. The molecule has 0 aliphatic carbocycles. The monoisotopic (exact) mass is 491 g/mol. The molecule has 0 bridgehead atoms. The molecule has 9 heteroatoms. The van der Waals surface area contributed by atoms with E-state index in [0.717, 1.165) is 22.4 Å². The van der Waals surface area contributed by atoms with Gasteiger partial charge >= 0.3 is 0 Å². The molecule has 7 nitrogen and oxygen atoms in total. The largest absolute Gasteiger partial charge is 0.477 e. The Hall–Kier alpha value is -3.70. The van der Waals surface area contributed by atoms with Gasteiger partial charge in [0.25, 0.3) is 5.91 Å². The van der Waals surface area contributed by atoms with Crippen molar-refractivity contribution >= 4 is 23.2 Å². The second kappa shape index (κ2) is 9.51. The highest BCUT2D eigenvalue weighted by molar-refractivity contribution is 6.33. The lowest BCUT2D eigenvalue weighted by Gasteiger charge is -2.39. The van der Waals surface area contributed by atoms with E-state index in [1.54, 1.807) is 41.6 Å². The molecule has 2 aromatic carbocycles. The summed E-state index contributed by atoms with van der Waals surface area (Å²) in [7, 11) is 0. The van der Waals surface area contributed by atoms with Crippen molar-refractivity contribution in [2.24, 2.45) is 5.41 Å². The van der Waals surface area contributed by atoms with E-state index in [1.165, 1.54) is 18.5 Å². The number of fused-ring (bicyclic) bond motifs is 1. The Morgan fingerprint density at radius 3 is 2.63 bits per heavy atom. The number of carbonyl (C=O) groups is 1. The summed E-state index contributed by atoms with van der Waals surface area (Å²) >= 11 is 6.45. The van der Waals surface area contributed by atoms with E-state index in [2.05, 4.69) is 21.4 Å². The first-order valence-electron chi connectivity index (χ1n) is 11.4. The number of ether oxygens (including phenoxy) is 1. The van der Waals surface area contributed by atoms with Crippen LogP contribution in [0.3, 0.4) is 0 Å². The van der Waals surface area contributed by atoms with Crippen LogP contribution in [0.1, 0.15) is 18.4 Å². The van der Waals surface area contributed by atoms with Gasteiger partial charge in [-0.2, -0.15) is 5.26 Å². The molecule has 35 heavy (non-hydrogen) atoms. The second-order valence-corrected chi connectivity index (χ2v) is 9.37. The van der Waals surface area contributed by atoms with Crippen LogP contribution in [0, 0.1) is 22.6 Å². The molecule has 3 heterocycles. The van der Waals surface area contributed by atoms with Crippen LogP contribution in [0.15, 0.2) is 55.1 Å². The Morgan fingerprint density at radius 2 is 1.94 bits per heavy atom. The average molecular weight is 492 g/mol. The highest BCUT2D eigenvalue weighted by Crippen LogP contribution is 2.40. The van der Waals surface area contributed by atoms with Crippen LogP contribution in [-0.4, -0.2) is 46.5 Å². The maximum atomic E-state index is 13.3. The second-order valence-electron chi connectivity index (χ2n) is 8.96. The summed E-state index contributed by atoms with van der Waals surface area (Å²) in [5, 5.41) is 13.7. The van der Waals surface area contributed by atoms with Gasteiger partial charge in [-0.05, 0) is 49.1 Å². The molecule has 1 aromatic heterocycles. The number of carbonyl (C=O) groups excluding carboxylic acids is 1. The molecule has 1 unspecified atom stereocenters. The zero-order valence-electron chi connectivity index (χ0n) is 18.9. The Kier molecular flexibility index (Phi) is 6.27. The standard InChI is InChI=1S/C26H23ClFN5O2/c27-21-10-22-23(9-20(21)18-12-30-16-31-13-18)35-24(14-32-22)25(34)33-7-5-26(15-29,6-8-33)11-17-1-3-19(28)4-2-17/h1-4,9-10,12-13,16,24,32H,5-8,11,14H2. The molecular weight excluding hydrogens is 469 g/mol. The van der Waals surface area contributed by atoms with E-state index >= 15 is 0 Å². The molecule has 1 amide bonds. The number of nitriles is 1. The fourth-order valence-electron chi connectivity index (χ4n) is 4.66. The molecule has 1 atom stereocenters. The summed E-state index contributed by atoms with van der Waals surface area (Å²) in [4.78, 5) is 23.1. The molecule has 0 saturated carbocycles. The van der Waals surface area contributed by atoms with Crippen LogP contribution in [0.5, 0.6) is 5.75 Å². The number of piperidine rings is 1. The van der Waals surface area contributed by atoms with Crippen molar-refractivity contribution in [2.45, 2.75) is 25.4 Å². The van der Waals surface area contributed by atoms with Crippen molar-refractivity contribution in [3.63, 3.8) is 0 Å². The van der Waals surface area contributed by atoms with E-state index in [4.69, 9.17) is 16.3 Å². The van der Waals surface area contributed by atoms with Crippen LogP contribution in [0.2, 0.25) is 5.02 Å². The number of anilines is 1.